The lowest BCUT2D eigenvalue weighted by Gasteiger charge is -2.20. The van der Waals surface area contributed by atoms with Crippen LogP contribution < -0.4 is 19.7 Å². The molecule has 1 atom stereocenters. The number of hydrogen-bond donors (Lipinski definition) is 1. The van der Waals surface area contributed by atoms with Crippen molar-refractivity contribution in [2.45, 2.75) is 20.3 Å². The summed E-state index contributed by atoms with van der Waals surface area (Å²) in [7, 11) is 1.53. The van der Waals surface area contributed by atoms with Gasteiger partial charge in [-0.1, -0.05) is 17.7 Å². The molecule has 3 aromatic rings. The van der Waals surface area contributed by atoms with Crippen molar-refractivity contribution in [1.29, 1.82) is 0 Å². The van der Waals surface area contributed by atoms with Crippen molar-refractivity contribution in [3.05, 3.63) is 76.8 Å². The van der Waals surface area contributed by atoms with E-state index in [0.29, 0.717) is 27.9 Å². The monoisotopic (exact) mass is 464 g/mol. The highest BCUT2D eigenvalue weighted by molar-refractivity contribution is 6.31. The van der Waals surface area contributed by atoms with Gasteiger partial charge in [0.15, 0.2) is 0 Å². The normalized spacial score (nSPS) is 15.5. The Labute approximate surface area is 198 Å². The Morgan fingerprint density at radius 1 is 1.00 bits per heavy atom. The Morgan fingerprint density at radius 3 is 2.42 bits per heavy atom. The Bertz CT molecular complexity index is 1190. The van der Waals surface area contributed by atoms with E-state index < -0.39 is 5.92 Å². The maximum absolute atomic E-state index is 12.8. The molecule has 0 saturated carbocycles. The summed E-state index contributed by atoms with van der Waals surface area (Å²) in [5.74, 6) is 1.13. The molecule has 170 valence electrons. The summed E-state index contributed by atoms with van der Waals surface area (Å²) in [5, 5.41) is 3.39. The van der Waals surface area contributed by atoms with Crippen molar-refractivity contribution in [3.8, 4) is 17.2 Å². The smallest absolute Gasteiger partial charge is 0.229 e. The van der Waals surface area contributed by atoms with Crippen molar-refractivity contribution in [2.24, 2.45) is 5.92 Å². The standard InChI is InChI=1S/C26H25ClN2O4/c1-16-4-8-22(12-17(16)2)33-21-9-6-20(7-10-21)28-26(31)18-13-25(30)29(15-18)23-14-19(27)5-11-24(23)32-3/h4-12,14,18H,13,15H2,1-3H3,(H,28,31)/t18-/m0/s1. The van der Waals surface area contributed by atoms with Crippen LogP contribution in [0, 0.1) is 19.8 Å². The average Bonchev–Trinajstić information content (AvgIpc) is 3.19. The average molecular weight is 465 g/mol. The van der Waals surface area contributed by atoms with Crippen LogP contribution in [0.25, 0.3) is 0 Å². The van der Waals surface area contributed by atoms with Gasteiger partial charge in [-0.3, -0.25) is 9.59 Å². The van der Waals surface area contributed by atoms with E-state index in [4.69, 9.17) is 21.1 Å². The number of methoxy groups -OCH3 is 1. The minimum absolute atomic E-state index is 0.121. The van der Waals surface area contributed by atoms with Crippen LogP contribution in [-0.2, 0) is 9.59 Å². The van der Waals surface area contributed by atoms with Crippen LogP contribution in [0.1, 0.15) is 17.5 Å². The number of carbonyl (C=O) groups excluding carboxylic acids is 2. The molecule has 0 aromatic heterocycles. The zero-order chi connectivity index (χ0) is 23.5. The molecule has 33 heavy (non-hydrogen) atoms. The van der Waals surface area contributed by atoms with Crippen LogP contribution in [0.15, 0.2) is 60.7 Å². The van der Waals surface area contributed by atoms with Crippen LogP contribution in [-0.4, -0.2) is 25.5 Å². The number of halogens is 1. The highest BCUT2D eigenvalue weighted by Crippen LogP contribution is 2.35. The lowest BCUT2D eigenvalue weighted by Crippen LogP contribution is -2.28. The quantitative estimate of drug-likeness (QED) is 0.504. The number of hydrogen-bond acceptors (Lipinski definition) is 4. The van der Waals surface area contributed by atoms with E-state index in [1.54, 1.807) is 47.4 Å². The zero-order valence-corrected chi connectivity index (χ0v) is 19.5. The maximum Gasteiger partial charge on any atom is 0.229 e. The largest absolute Gasteiger partial charge is 0.495 e. The number of anilines is 2. The molecule has 1 N–H and O–H groups in total. The SMILES string of the molecule is COc1ccc(Cl)cc1N1C[C@@H](C(=O)Nc2ccc(Oc3ccc(C)c(C)c3)cc2)CC1=O. The van der Waals surface area contributed by atoms with Gasteiger partial charge in [0.2, 0.25) is 11.8 Å². The Balaban J connectivity index is 1.40. The van der Waals surface area contributed by atoms with Crippen LogP contribution in [0.2, 0.25) is 5.02 Å². The molecule has 1 heterocycles. The second-order valence-electron chi connectivity index (χ2n) is 8.08. The van der Waals surface area contributed by atoms with Gasteiger partial charge in [0.25, 0.3) is 0 Å². The van der Waals surface area contributed by atoms with Crippen LogP contribution >= 0.6 is 11.6 Å². The first kappa shape index (κ1) is 22.7. The number of ether oxygens (including phenoxy) is 2. The summed E-state index contributed by atoms with van der Waals surface area (Å²) in [6, 6.07) is 18.2. The summed E-state index contributed by atoms with van der Waals surface area (Å²) in [6.07, 6.45) is 0.121. The van der Waals surface area contributed by atoms with Gasteiger partial charge in [0.05, 0.1) is 18.7 Å². The summed E-state index contributed by atoms with van der Waals surface area (Å²) >= 11 is 6.10. The fourth-order valence-corrected chi connectivity index (χ4v) is 3.92. The number of rotatable bonds is 6. The molecule has 1 aliphatic heterocycles. The molecule has 0 radical (unpaired) electrons. The zero-order valence-electron chi connectivity index (χ0n) is 18.7. The predicted molar refractivity (Wildman–Crippen MR) is 130 cm³/mol. The van der Waals surface area contributed by atoms with Crippen LogP contribution in [0.4, 0.5) is 11.4 Å². The minimum Gasteiger partial charge on any atom is -0.495 e. The summed E-state index contributed by atoms with van der Waals surface area (Å²) in [5.41, 5.74) is 3.57. The van der Waals surface area contributed by atoms with Gasteiger partial charge in [-0.05, 0) is 79.6 Å². The van der Waals surface area contributed by atoms with Crippen LogP contribution in [0.5, 0.6) is 17.2 Å². The lowest BCUT2D eigenvalue weighted by molar-refractivity contribution is -0.122. The molecule has 0 bridgehead atoms. The molecule has 4 rings (SSSR count). The maximum atomic E-state index is 12.8. The fraction of sp³-hybridized carbons (Fsp3) is 0.231. The highest BCUT2D eigenvalue weighted by atomic mass is 35.5. The number of aryl methyl sites for hydroxylation is 2. The third-order valence-electron chi connectivity index (χ3n) is 5.76. The van der Waals surface area contributed by atoms with E-state index >= 15 is 0 Å². The van der Waals surface area contributed by atoms with E-state index in [1.165, 1.54) is 12.7 Å². The first-order valence-corrected chi connectivity index (χ1v) is 11.0. The number of amides is 2. The first-order valence-electron chi connectivity index (χ1n) is 10.6. The van der Waals surface area contributed by atoms with Gasteiger partial charge in [0, 0.05) is 23.7 Å². The van der Waals surface area contributed by atoms with E-state index in [0.717, 1.165) is 11.3 Å². The van der Waals surface area contributed by atoms with Crippen molar-refractivity contribution in [1.82, 2.24) is 0 Å². The van der Waals surface area contributed by atoms with Crippen LogP contribution in [0.3, 0.4) is 0 Å². The molecule has 2 amide bonds. The van der Waals surface area contributed by atoms with E-state index in [2.05, 4.69) is 12.2 Å². The Kier molecular flexibility index (Phi) is 6.56. The summed E-state index contributed by atoms with van der Waals surface area (Å²) in [6.45, 7) is 4.35. The third kappa shape index (κ3) is 5.12. The van der Waals surface area contributed by atoms with E-state index in [9.17, 15) is 9.59 Å². The number of carbonyl (C=O) groups is 2. The predicted octanol–water partition coefficient (Wildman–Crippen LogP) is 5.75. The summed E-state index contributed by atoms with van der Waals surface area (Å²) in [4.78, 5) is 27.0. The Hall–Kier alpha value is -3.51. The minimum atomic E-state index is -0.479. The van der Waals surface area contributed by atoms with E-state index in [1.807, 2.05) is 25.1 Å². The van der Waals surface area contributed by atoms with Crippen molar-refractivity contribution in [3.63, 3.8) is 0 Å². The number of benzene rings is 3. The van der Waals surface area contributed by atoms with Crippen molar-refractivity contribution in [2.75, 3.05) is 23.9 Å². The lowest BCUT2D eigenvalue weighted by atomic mass is 10.1. The van der Waals surface area contributed by atoms with Gasteiger partial charge in [-0.15, -0.1) is 0 Å². The van der Waals surface area contributed by atoms with Gasteiger partial charge in [0.1, 0.15) is 17.2 Å². The summed E-state index contributed by atoms with van der Waals surface area (Å²) < 4.78 is 11.2. The molecule has 0 aliphatic carbocycles. The van der Waals surface area contributed by atoms with Crippen molar-refractivity contribution >= 4 is 34.8 Å². The number of nitrogens with one attached hydrogen (secondary N) is 1. The van der Waals surface area contributed by atoms with E-state index in [-0.39, 0.29) is 24.8 Å². The van der Waals surface area contributed by atoms with Gasteiger partial charge < -0.3 is 19.7 Å². The molecule has 6 nitrogen and oxygen atoms in total. The van der Waals surface area contributed by atoms with Crippen molar-refractivity contribution < 1.29 is 19.1 Å². The highest BCUT2D eigenvalue weighted by Gasteiger charge is 2.36. The molecular weight excluding hydrogens is 440 g/mol. The molecule has 1 saturated heterocycles. The second-order valence-corrected chi connectivity index (χ2v) is 8.52. The first-order chi connectivity index (χ1) is 15.8. The van der Waals surface area contributed by atoms with Gasteiger partial charge in [-0.25, -0.2) is 0 Å². The number of nitrogens with zero attached hydrogens (tertiary/aromatic N) is 1. The molecule has 1 aliphatic rings. The molecule has 7 heteroatoms. The topological polar surface area (TPSA) is 67.9 Å². The molecule has 1 fully saturated rings. The van der Waals surface area contributed by atoms with Gasteiger partial charge >= 0.3 is 0 Å². The Morgan fingerprint density at radius 2 is 1.73 bits per heavy atom. The molecular formula is C26H25ClN2O4. The molecule has 3 aromatic carbocycles. The second kappa shape index (κ2) is 9.55. The third-order valence-corrected chi connectivity index (χ3v) is 6.00. The molecule has 0 unspecified atom stereocenters. The fourth-order valence-electron chi connectivity index (χ4n) is 3.75. The van der Waals surface area contributed by atoms with Gasteiger partial charge in [-0.2, -0.15) is 0 Å². The molecule has 0 spiro atoms.